The molecule has 3 nitrogen and oxygen atoms in total. The van der Waals surface area contributed by atoms with E-state index in [1.807, 2.05) is 25.1 Å². The first-order valence-electron chi connectivity index (χ1n) is 6.82. The van der Waals surface area contributed by atoms with Gasteiger partial charge in [0, 0.05) is 18.5 Å². The summed E-state index contributed by atoms with van der Waals surface area (Å²) in [4.78, 5) is 12.3. The van der Waals surface area contributed by atoms with Gasteiger partial charge < -0.3 is 10.4 Å². The number of rotatable bonds is 3. The molecular weight excluding hydrogens is 250 g/mol. The first-order valence-corrected chi connectivity index (χ1v) is 6.82. The Morgan fingerprint density at radius 3 is 2.65 bits per heavy atom. The lowest BCUT2D eigenvalue weighted by Crippen LogP contribution is -2.32. The van der Waals surface area contributed by atoms with Gasteiger partial charge in [-0.25, -0.2) is 0 Å². The number of amides is 1. The predicted molar refractivity (Wildman–Crippen MR) is 81.5 cm³/mol. The Hall–Kier alpha value is -1.79. The molecule has 0 aliphatic rings. The van der Waals surface area contributed by atoms with Crippen LogP contribution >= 0.6 is 0 Å². The van der Waals surface area contributed by atoms with Crippen molar-refractivity contribution in [3.8, 4) is 11.8 Å². The molecule has 0 bridgehead atoms. The van der Waals surface area contributed by atoms with Crippen molar-refractivity contribution in [1.82, 2.24) is 5.32 Å². The highest BCUT2D eigenvalue weighted by Crippen LogP contribution is 2.14. The van der Waals surface area contributed by atoms with E-state index in [4.69, 9.17) is 5.11 Å². The maximum absolute atomic E-state index is 12.3. The Bertz CT molecular complexity index is 530. The Morgan fingerprint density at radius 1 is 1.35 bits per heavy atom. The lowest BCUT2D eigenvalue weighted by molar-refractivity contribution is 0.0939. The van der Waals surface area contributed by atoms with E-state index in [0.717, 1.165) is 5.56 Å². The van der Waals surface area contributed by atoms with Crippen LogP contribution in [0.2, 0.25) is 0 Å². The average Bonchev–Trinajstić information content (AvgIpc) is 2.37. The third-order valence-corrected chi connectivity index (χ3v) is 2.66. The standard InChI is InChI=1S/C17H23NO2/c1-13-8-9-14(7-5-6-10-19)15(11-13)16(20)18-12-17(2,3)4/h8-9,11,19H,6,10,12H2,1-4H3,(H,18,20). The third-order valence-electron chi connectivity index (χ3n) is 2.66. The molecule has 0 unspecified atom stereocenters. The summed E-state index contributed by atoms with van der Waals surface area (Å²) in [6.07, 6.45) is 0.414. The summed E-state index contributed by atoms with van der Waals surface area (Å²) in [5, 5.41) is 11.7. The van der Waals surface area contributed by atoms with Gasteiger partial charge in [0.05, 0.1) is 12.2 Å². The molecule has 20 heavy (non-hydrogen) atoms. The van der Waals surface area contributed by atoms with E-state index in [9.17, 15) is 4.79 Å². The van der Waals surface area contributed by atoms with Crippen molar-refractivity contribution in [1.29, 1.82) is 0 Å². The number of hydrogen-bond acceptors (Lipinski definition) is 2. The molecule has 0 fully saturated rings. The number of benzene rings is 1. The number of carbonyl (C=O) groups is 1. The number of aliphatic hydroxyl groups is 1. The first-order chi connectivity index (χ1) is 9.33. The minimum absolute atomic E-state index is 0.0322. The second-order valence-electron chi connectivity index (χ2n) is 6.07. The van der Waals surface area contributed by atoms with Gasteiger partial charge in [-0.1, -0.05) is 44.2 Å². The van der Waals surface area contributed by atoms with Gasteiger partial charge in [0.15, 0.2) is 0 Å². The van der Waals surface area contributed by atoms with Crippen LogP contribution in [0.5, 0.6) is 0 Å². The van der Waals surface area contributed by atoms with Crippen LogP contribution in [-0.2, 0) is 0 Å². The fourth-order valence-electron chi connectivity index (χ4n) is 1.61. The van der Waals surface area contributed by atoms with Crippen molar-refractivity contribution in [3.05, 3.63) is 34.9 Å². The molecule has 0 aliphatic heterocycles. The predicted octanol–water partition coefficient (Wildman–Crippen LogP) is 2.50. The molecule has 1 amide bonds. The minimum Gasteiger partial charge on any atom is -0.395 e. The SMILES string of the molecule is Cc1ccc(C#CCCO)c(C(=O)NCC(C)(C)C)c1. The Morgan fingerprint density at radius 2 is 2.05 bits per heavy atom. The van der Waals surface area contributed by atoms with Crippen LogP contribution in [0.25, 0.3) is 0 Å². The highest BCUT2D eigenvalue weighted by atomic mass is 16.2. The molecule has 0 saturated heterocycles. The monoisotopic (exact) mass is 273 g/mol. The summed E-state index contributed by atoms with van der Waals surface area (Å²) in [5.74, 6) is 5.71. The summed E-state index contributed by atoms with van der Waals surface area (Å²) in [7, 11) is 0. The van der Waals surface area contributed by atoms with E-state index in [1.165, 1.54) is 0 Å². The number of hydrogen-bond donors (Lipinski definition) is 2. The van der Waals surface area contributed by atoms with Crippen molar-refractivity contribution in [3.63, 3.8) is 0 Å². The van der Waals surface area contributed by atoms with E-state index in [2.05, 4.69) is 37.9 Å². The highest BCUT2D eigenvalue weighted by molar-refractivity contribution is 5.97. The molecule has 0 atom stereocenters. The zero-order valence-corrected chi connectivity index (χ0v) is 12.7. The largest absolute Gasteiger partial charge is 0.395 e. The first kappa shape index (κ1) is 16.3. The number of nitrogens with one attached hydrogen (secondary N) is 1. The van der Waals surface area contributed by atoms with Gasteiger partial charge in [0.2, 0.25) is 0 Å². The van der Waals surface area contributed by atoms with Crippen molar-refractivity contribution in [2.45, 2.75) is 34.1 Å². The maximum atomic E-state index is 12.3. The van der Waals surface area contributed by atoms with Crippen LogP contribution in [0.3, 0.4) is 0 Å². The van der Waals surface area contributed by atoms with Gasteiger partial charge in [0.25, 0.3) is 5.91 Å². The molecule has 0 spiro atoms. The van der Waals surface area contributed by atoms with Crippen molar-refractivity contribution in [2.75, 3.05) is 13.2 Å². The summed E-state index contributed by atoms with van der Waals surface area (Å²) >= 11 is 0. The highest BCUT2D eigenvalue weighted by Gasteiger charge is 2.15. The summed E-state index contributed by atoms with van der Waals surface area (Å²) < 4.78 is 0. The molecule has 0 aliphatic carbocycles. The van der Waals surface area contributed by atoms with Crippen molar-refractivity contribution in [2.24, 2.45) is 5.41 Å². The zero-order chi connectivity index (χ0) is 15.2. The fourth-order valence-corrected chi connectivity index (χ4v) is 1.61. The molecular formula is C17H23NO2. The maximum Gasteiger partial charge on any atom is 0.252 e. The van der Waals surface area contributed by atoms with Crippen LogP contribution in [0, 0.1) is 24.2 Å². The Labute approximate surface area is 121 Å². The molecule has 0 radical (unpaired) electrons. The van der Waals surface area contributed by atoms with E-state index in [0.29, 0.717) is 24.1 Å². The lowest BCUT2D eigenvalue weighted by atomic mass is 9.96. The van der Waals surface area contributed by atoms with Crippen LogP contribution in [0.4, 0.5) is 0 Å². The van der Waals surface area contributed by atoms with Gasteiger partial charge in [0.1, 0.15) is 0 Å². The molecule has 1 rings (SSSR count). The molecule has 3 heteroatoms. The van der Waals surface area contributed by atoms with E-state index < -0.39 is 0 Å². The third kappa shape index (κ3) is 5.46. The van der Waals surface area contributed by atoms with E-state index in [-0.39, 0.29) is 17.9 Å². The average molecular weight is 273 g/mol. The van der Waals surface area contributed by atoms with Crippen LogP contribution in [0.15, 0.2) is 18.2 Å². The van der Waals surface area contributed by atoms with Gasteiger partial charge in [-0.3, -0.25) is 4.79 Å². The molecule has 108 valence electrons. The van der Waals surface area contributed by atoms with Gasteiger partial charge in [-0.05, 0) is 24.5 Å². The molecule has 2 N–H and O–H groups in total. The minimum atomic E-state index is -0.100. The Balaban J connectivity index is 2.95. The van der Waals surface area contributed by atoms with Gasteiger partial charge in [-0.2, -0.15) is 0 Å². The van der Waals surface area contributed by atoms with E-state index >= 15 is 0 Å². The van der Waals surface area contributed by atoms with E-state index in [1.54, 1.807) is 0 Å². The molecule has 1 aromatic rings. The number of aryl methyl sites for hydroxylation is 1. The lowest BCUT2D eigenvalue weighted by Gasteiger charge is -2.19. The second-order valence-corrected chi connectivity index (χ2v) is 6.07. The molecule has 0 saturated carbocycles. The summed E-state index contributed by atoms with van der Waals surface area (Å²) in [6.45, 7) is 8.82. The quantitative estimate of drug-likeness (QED) is 0.831. The van der Waals surface area contributed by atoms with Crippen molar-refractivity contribution < 1.29 is 9.90 Å². The molecule has 0 aromatic heterocycles. The summed E-state index contributed by atoms with van der Waals surface area (Å²) in [5.41, 5.74) is 2.37. The van der Waals surface area contributed by atoms with Crippen LogP contribution in [0.1, 0.15) is 48.7 Å². The summed E-state index contributed by atoms with van der Waals surface area (Å²) in [6, 6.07) is 5.64. The molecule has 1 aromatic carbocycles. The molecule has 0 heterocycles. The van der Waals surface area contributed by atoms with Crippen LogP contribution in [-0.4, -0.2) is 24.2 Å². The zero-order valence-electron chi connectivity index (χ0n) is 12.7. The second kappa shape index (κ2) is 7.12. The fraction of sp³-hybridized carbons (Fsp3) is 0.471. The van der Waals surface area contributed by atoms with Crippen molar-refractivity contribution >= 4 is 5.91 Å². The Kier molecular flexibility index (Phi) is 5.79. The van der Waals surface area contributed by atoms with Crippen LogP contribution < -0.4 is 5.32 Å². The smallest absolute Gasteiger partial charge is 0.252 e. The van der Waals surface area contributed by atoms with Gasteiger partial charge in [-0.15, -0.1) is 0 Å². The number of aliphatic hydroxyl groups excluding tert-OH is 1. The normalized spacial score (nSPS) is 10.7. The topological polar surface area (TPSA) is 49.3 Å². The number of carbonyl (C=O) groups excluding carboxylic acids is 1. The van der Waals surface area contributed by atoms with Gasteiger partial charge >= 0.3 is 0 Å².